The number of nitrogens with zero attached hydrogens (tertiary/aromatic N) is 2. The van der Waals surface area contributed by atoms with E-state index in [1.807, 2.05) is 24.7 Å². The number of nitrogens with one attached hydrogen (secondary N) is 2. The van der Waals surface area contributed by atoms with Gasteiger partial charge in [-0.15, -0.1) is 11.3 Å². The Balaban J connectivity index is 1.84. The monoisotopic (exact) mass is 406 g/mol. The molecular weight excluding hydrogens is 380 g/mol. The first kappa shape index (κ1) is 19.8. The van der Waals surface area contributed by atoms with E-state index >= 15 is 0 Å². The molecule has 0 amide bonds. The van der Waals surface area contributed by atoms with E-state index in [1.54, 1.807) is 11.3 Å². The lowest BCUT2D eigenvalue weighted by atomic mass is 9.96. The minimum atomic E-state index is -0.298. The topological polar surface area (TPSA) is 68.2 Å². The molecule has 27 heavy (non-hydrogen) atoms. The van der Waals surface area contributed by atoms with Crippen LogP contribution in [0.1, 0.15) is 59.1 Å². The first-order valence-corrected chi connectivity index (χ1v) is 10.6. The molecule has 0 radical (unpaired) electrons. The van der Waals surface area contributed by atoms with Crippen molar-refractivity contribution in [3.05, 3.63) is 27.9 Å². The van der Waals surface area contributed by atoms with Gasteiger partial charge in [0.2, 0.25) is 0 Å². The van der Waals surface area contributed by atoms with Crippen molar-refractivity contribution in [3.63, 3.8) is 0 Å². The molecule has 2 heterocycles. The third-order valence-corrected chi connectivity index (χ3v) is 6.22. The zero-order valence-corrected chi connectivity index (χ0v) is 17.7. The third-order valence-electron chi connectivity index (χ3n) is 4.81. The van der Waals surface area contributed by atoms with Crippen LogP contribution in [0.25, 0.3) is 0 Å². The molecule has 0 atom stereocenters. The lowest BCUT2D eigenvalue weighted by molar-refractivity contribution is 0.0601. The van der Waals surface area contributed by atoms with E-state index in [4.69, 9.17) is 17.0 Å². The van der Waals surface area contributed by atoms with Crippen molar-refractivity contribution < 1.29 is 9.53 Å². The van der Waals surface area contributed by atoms with E-state index in [-0.39, 0.29) is 5.97 Å². The van der Waals surface area contributed by atoms with Crippen LogP contribution in [0.5, 0.6) is 0 Å². The fourth-order valence-corrected chi connectivity index (χ4v) is 4.94. The Morgan fingerprint density at radius 3 is 2.70 bits per heavy atom. The molecule has 0 aliphatic heterocycles. The maximum Gasteiger partial charge on any atom is 0.341 e. The van der Waals surface area contributed by atoms with Gasteiger partial charge in [0, 0.05) is 17.6 Å². The molecule has 1 aliphatic carbocycles. The number of fused-ring (bicyclic) bond motifs is 1. The van der Waals surface area contributed by atoms with Crippen molar-refractivity contribution in [2.45, 2.75) is 58.9 Å². The van der Waals surface area contributed by atoms with Crippen LogP contribution in [0.2, 0.25) is 0 Å². The maximum atomic E-state index is 12.5. The molecule has 3 rings (SSSR count). The second kappa shape index (κ2) is 8.84. The summed E-state index contributed by atoms with van der Waals surface area (Å²) in [5.74, 6) is -0.298. The van der Waals surface area contributed by atoms with E-state index < -0.39 is 0 Å². The highest BCUT2D eigenvalue weighted by atomic mass is 32.1. The van der Waals surface area contributed by atoms with Gasteiger partial charge >= 0.3 is 5.97 Å². The predicted octanol–water partition coefficient (Wildman–Crippen LogP) is 4.53. The van der Waals surface area contributed by atoms with E-state index in [1.165, 1.54) is 24.8 Å². The first-order chi connectivity index (χ1) is 13.0. The van der Waals surface area contributed by atoms with E-state index in [9.17, 15) is 4.79 Å². The van der Waals surface area contributed by atoms with Gasteiger partial charge in [-0.2, -0.15) is 5.10 Å². The average molecular weight is 407 g/mol. The molecule has 2 aromatic rings. The molecule has 8 heteroatoms. The molecule has 1 aliphatic rings. The van der Waals surface area contributed by atoms with E-state index in [0.717, 1.165) is 54.2 Å². The molecule has 0 unspecified atom stereocenters. The first-order valence-electron chi connectivity index (χ1n) is 9.38. The van der Waals surface area contributed by atoms with Crippen LogP contribution in [0.3, 0.4) is 0 Å². The van der Waals surface area contributed by atoms with Gasteiger partial charge < -0.3 is 15.4 Å². The number of thiocarbonyl (C=S) groups is 1. The second-order valence-electron chi connectivity index (χ2n) is 6.68. The lowest BCUT2D eigenvalue weighted by Crippen LogP contribution is -2.20. The van der Waals surface area contributed by atoms with Crippen LogP contribution < -0.4 is 10.6 Å². The minimum absolute atomic E-state index is 0.298. The van der Waals surface area contributed by atoms with Gasteiger partial charge in [0.25, 0.3) is 0 Å². The summed E-state index contributed by atoms with van der Waals surface area (Å²) in [6.45, 7) is 4.78. The highest BCUT2D eigenvalue weighted by Gasteiger charge is 2.25. The summed E-state index contributed by atoms with van der Waals surface area (Å²) < 4.78 is 6.92. The number of aryl methyl sites for hydroxylation is 3. The molecule has 0 aromatic carbocycles. The standard InChI is InChI=1S/C19H26N4O2S2/c1-4-23-11-14(12(2)22-23)20-19(26)21-17-16(18(24)25-3)13-9-7-5-6-8-10-15(13)27-17/h11H,4-10H2,1-3H3,(H2,20,21,26). The van der Waals surface area contributed by atoms with E-state index in [2.05, 4.69) is 15.7 Å². The number of hydrogen-bond acceptors (Lipinski definition) is 5. The zero-order chi connectivity index (χ0) is 19.4. The molecule has 0 spiro atoms. The summed E-state index contributed by atoms with van der Waals surface area (Å²) in [6.07, 6.45) is 8.57. The molecule has 2 N–H and O–H groups in total. The van der Waals surface area contributed by atoms with Crippen LogP contribution >= 0.6 is 23.6 Å². The number of thiophene rings is 1. The smallest absolute Gasteiger partial charge is 0.341 e. The van der Waals surface area contributed by atoms with Crippen molar-refractivity contribution >= 4 is 45.3 Å². The number of esters is 1. The Morgan fingerprint density at radius 2 is 2.04 bits per heavy atom. The fraction of sp³-hybridized carbons (Fsp3) is 0.526. The second-order valence-corrected chi connectivity index (χ2v) is 8.19. The Labute approximate surface area is 169 Å². The Morgan fingerprint density at radius 1 is 1.30 bits per heavy atom. The van der Waals surface area contributed by atoms with Crippen LogP contribution in [0, 0.1) is 6.92 Å². The number of carbonyl (C=O) groups excluding carboxylic acids is 1. The highest BCUT2D eigenvalue weighted by Crippen LogP contribution is 2.37. The van der Waals surface area contributed by atoms with Gasteiger partial charge in [0.15, 0.2) is 5.11 Å². The van der Waals surface area contributed by atoms with Crippen molar-refractivity contribution in [2.24, 2.45) is 0 Å². The average Bonchev–Trinajstić information content (AvgIpc) is 3.14. The van der Waals surface area contributed by atoms with Crippen molar-refractivity contribution in [1.29, 1.82) is 0 Å². The van der Waals surface area contributed by atoms with Gasteiger partial charge in [0.05, 0.1) is 24.1 Å². The number of methoxy groups -OCH3 is 1. The number of aromatic nitrogens is 2. The molecule has 0 saturated heterocycles. The van der Waals surface area contributed by atoms with Crippen LogP contribution in [0.15, 0.2) is 6.20 Å². The summed E-state index contributed by atoms with van der Waals surface area (Å²) in [5, 5.41) is 12.1. The summed E-state index contributed by atoms with van der Waals surface area (Å²) in [4.78, 5) is 13.7. The van der Waals surface area contributed by atoms with Gasteiger partial charge in [-0.3, -0.25) is 4.68 Å². The number of rotatable bonds is 4. The third kappa shape index (κ3) is 4.50. The predicted molar refractivity (Wildman–Crippen MR) is 114 cm³/mol. The number of anilines is 2. The SMILES string of the molecule is CCn1cc(NC(=S)Nc2sc3c(c2C(=O)OC)CCCCCC3)c(C)n1. The molecule has 0 fully saturated rings. The lowest BCUT2D eigenvalue weighted by Gasteiger charge is -2.11. The highest BCUT2D eigenvalue weighted by molar-refractivity contribution is 7.80. The molecule has 146 valence electrons. The molecule has 0 bridgehead atoms. The van der Waals surface area contributed by atoms with Crippen molar-refractivity contribution in [3.8, 4) is 0 Å². The van der Waals surface area contributed by atoms with E-state index in [0.29, 0.717) is 10.7 Å². The molecular formula is C19H26N4O2S2. The van der Waals surface area contributed by atoms with Gasteiger partial charge in [-0.1, -0.05) is 12.8 Å². The summed E-state index contributed by atoms with van der Waals surface area (Å²) in [6, 6.07) is 0. The van der Waals surface area contributed by atoms with Crippen LogP contribution in [-0.2, 0) is 24.1 Å². The number of carbonyl (C=O) groups is 1. The summed E-state index contributed by atoms with van der Waals surface area (Å²) in [7, 11) is 1.43. The molecule has 0 saturated carbocycles. The summed E-state index contributed by atoms with van der Waals surface area (Å²) in [5.41, 5.74) is 3.52. The fourth-order valence-electron chi connectivity index (χ4n) is 3.38. The maximum absolute atomic E-state index is 12.5. The van der Waals surface area contributed by atoms with Gasteiger partial charge in [0.1, 0.15) is 5.00 Å². The zero-order valence-electron chi connectivity index (χ0n) is 16.1. The van der Waals surface area contributed by atoms with Gasteiger partial charge in [-0.05, 0) is 57.3 Å². The largest absolute Gasteiger partial charge is 0.465 e. The van der Waals surface area contributed by atoms with Crippen molar-refractivity contribution in [2.75, 3.05) is 17.7 Å². The van der Waals surface area contributed by atoms with Crippen LogP contribution in [-0.4, -0.2) is 28.0 Å². The summed E-state index contributed by atoms with van der Waals surface area (Å²) >= 11 is 7.12. The Kier molecular flexibility index (Phi) is 6.49. The Hall–Kier alpha value is -1.93. The van der Waals surface area contributed by atoms with Crippen LogP contribution in [0.4, 0.5) is 10.7 Å². The molecule has 2 aromatic heterocycles. The van der Waals surface area contributed by atoms with Gasteiger partial charge in [-0.25, -0.2) is 4.79 Å². The Bertz CT molecular complexity index is 841. The number of hydrogen-bond donors (Lipinski definition) is 2. The molecule has 6 nitrogen and oxygen atoms in total. The minimum Gasteiger partial charge on any atom is -0.465 e. The number of ether oxygens (including phenoxy) is 1. The quantitative estimate of drug-likeness (QED) is 0.574. The normalized spacial score (nSPS) is 14.0. The van der Waals surface area contributed by atoms with Crippen molar-refractivity contribution in [1.82, 2.24) is 9.78 Å².